The average Bonchev–Trinajstić information content (AvgIpc) is 0. The fourth-order valence-corrected chi connectivity index (χ4v) is 0. The first-order chi connectivity index (χ1) is 0. The predicted octanol–water partition coefficient (Wildman–Crippen LogP) is -0.961. The van der Waals surface area contributed by atoms with Crippen molar-refractivity contribution in [2.24, 2.45) is 0 Å². The van der Waals surface area contributed by atoms with E-state index < -0.39 is 0 Å². The van der Waals surface area contributed by atoms with Gasteiger partial charge in [-0.15, -0.1) is 0 Å². The smallest absolute Gasteiger partial charge is 0.187 e. The SMILES string of the molecule is S.S.[AlH3].[Ti]. The molecule has 0 aromatic heterocycles. The molecule has 0 aliphatic rings. The summed E-state index contributed by atoms with van der Waals surface area (Å²) in [5.41, 5.74) is 0. The molecule has 0 heterocycles. The molecule has 0 fully saturated rings. The summed E-state index contributed by atoms with van der Waals surface area (Å²) in [4.78, 5) is 0. The van der Waals surface area contributed by atoms with Crippen LogP contribution in [0.4, 0.5) is 0 Å². The summed E-state index contributed by atoms with van der Waals surface area (Å²) >= 11 is 0. The summed E-state index contributed by atoms with van der Waals surface area (Å²) in [5, 5.41) is 0. The van der Waals surface area contributed by atoms with E-state index in [9.17, 15) is 0 Å². The molecule has 0 rings (SSSR count). The van der Waals surface area contributed by atoms with Gasteiger partial charge < -0.3 is 0 Å². The van der Waals surface area contributed by atoms with E-state index in [-0.39, 0.29) is 66.1 Å². The van der Waals surface area contributed by atoms with Crippen molar-refractivity contribution < 1.29 is 21.7 Å². The minimum atomic E-state index is 0. The molecule has 0 aromatic carbocycles. The van der Waals surface area contributed by atoms with Gasteiger partial charge in [0.2, 0.25) is 0 Å². The van der Waals surface area contributed by atoms with Crippen LogP contribution in [0.1, 0.15) is 0 Å². The van der Waals surface area contributed by atoms with Crippen molar-refractivity contribution in [3.8, 4) is 0 Å². The Balaban J connectivity index is 0. The minimum absolute atomic E-state index is 0. The summed E-state index contributed by atoms with van der Waals surface area (Å²) in [6.45, 7) is 0. The van der Waals surface area contributed by atoms with E-state index in [1.54, 1.807) is 0 Å². The molecule has 0 aromatic rings. The van der Waals surface area contributed by atoms with Crippen LogP contribution >= 0.6 is 27.0 Å². The molecular weight excluding hydrogens is 139 g/mol. The second kappa shape index (κ2) is 20.3. The van der Waals surface area contributed by atoms with Crippen LogP contribution in [0.5, 0.6) is 0 Å². The molecule has 0 saturated carbocycles. The van der Waals surface area contributed by atoms with Gasteiger partial charge in [-0.3, -0.25) is 0 Å². The van der Waals surface area contributed by atoms with Crippen molar-refractivity contribution >= 4 is 44.4 Å². The molecule has 0 radical (unpaired) electrons. The molecule has 0 bridgehead atoms. The van der Waals surface area contributed by atoms with Gasteiger partial charge in [-0.1, -0.05) is 0 Å². The van der Waals surface area contributed by atoms with Gasteiger partial charge in [-0.05, 0) is 0 Å². The van der Waals surface area contributed by atoms with Crippen molar-refractivity contribution in [2.75, 3.05) is 0 Å². The monoisotopic (exact) mass is 146 g/mol. The zero-order valence-electron chi connectivity index (χ0n) is 1.50. The van der Waals surface area contributed by atoms with Crippen molar-refractivity contribution in [2.45, 2.75) is 0 Å². The number of hydrogen-bond acceptors (Lipinski definition) is 0. The summed E-state index contributed by atoms with van der Waals surface area (Å²) in [6.07, 6.45) is 0. The van der Waals surface area contributed by atoms with Gasteiger partial charge in [0.25, 0.3) is 0 Å². The second-order valence-electron chi connectivity index (χ2n) is 0. The largest absolute Gasteiger partial charge is 0.197 e. The summed E-state index contributed by atoms with van der Waals surface area (Å²) < 4.78 is 0. The Morgan fingerprint density at radius 1 is 0.750 bits per heavy atom. The molecule has 26 valence electrons. The van der Waals surface area contributed by atoms with E-state index in [2.05, 4.69) is 0 Å². The zero-order chi connectivity index (χ0) is 0. The van der Waals surface area contributed by atoms with Gasteiger partial charge in [0.1, 0.15) is 0 Å². The molecule has 0 amide bonds. The molecule has 4 heteroatoms. The molecule has 0 spiro atoms. The van der Waals surface area contributed by atoms with Gasteiger partial charge in [0.05, 0.1) is 0 Å². The van der Waals surface area contributed by atoms with E-state index in [0.717, 1.165) is 0 Å². The van der Waals surface area contributed by atoms with Crippen LogP contribution in [0.15, 0.2) is 0 Å². The third kappa shape index (κ3) is 9.04. The molecule has 0 atom stereocenters. The summed E-state index contributed by atoms with van der Waals surface area (Å²) in [6, 6.07) is 0. The molecular formula is H7AlS2Ti. The van der Waals surface area contributed by atoms with Gasteiger partial charge in [-0.25, -0.2) is 0 Å². The Bertz CT molecular complexity index is 6.00. The Hall–Kier alpha value is 1.95. The standard InChI is InChI=1S/Al.2H2S.Ti.3H/h;2*1H2;;;;. The fraction of sp³-hybridized carbons (Fsp3) is 0. The van der Waals surface area contributed by atoms with Gasteiger partial charge in [-0.2, -0.15) is 27.0 Å². The molecule has 0 aliphatic heterocycles. The van der Waals surface area contributed by atoms with Crippen LogP contribution in [-0.4, -0.2) is 17.4 Å². The third-order valence-corrected chi connectivity index (χ3v) is 0. The molecule has 0 unspecified atom stereocenters. The predicted molar refractivity (Wildman–Crippen MR) is 30.7 cm³/mol. The maximum absolute atomic E-state index is 0. The second-order valence-corrected chi connectivity index (χ2v) is 0. The van der Waals surface area contributed by atoms with Crippen molar-refractivity contribution in [3.05, 3.63) is 0 Å². The van der Waals surface area contributed by atoms with E-state index in [4.69, 9.17) is 0 Å². The van der Waals surface area contributed by atoms with Crippen LogP contribution in [0.3, 0.4) is 0 Å². The van der Waals surface area contributed by atoms with E-state index in [0.29, 0.717) is 0 Å². The third-order valence-electron chi connectivity index (χ3n) is 0. The quantitative estimate of drug-likeness (QED) is 0.386. The van der Waals surface area contributed by atoms with Crippen LogP contribution in [-0.2, 0) is 21.7 Å². The summed E-state index contributed by atoms with van der Waals surface area (Å²) in [7, 11) is 0. The van der Waals surface area contributed by atoms with Crippen LogP contribution in [0.25, 0.3) is 0 Å². The number of rotatable bonds is 0. The van der Waals surface area contributed by atoms with Crippen LogP contribution in [0.2, 0.25) is 0 Å². The van der Waals surface area contributed by atoms with Crippen molar-refractivity contribution in [1.29, 1.82) is 0 Å². The first-order valence-electron chi connectivity index (χ1n) is 0. The maximum atomic E-state index is 0. The van der Waals surface area contributed by atoms with E-state index >= 15 is 0 Å². The number of hydrogen-bond donors (Lipinski definition) is 0. The van der Waals surface area contributed by atoms with Gasteiger partial charge in [0, 0.05) is 21.7 Å². The molecule has 0 saturated heterocycles. The van der Waals surface area contributed by atoms with Crippen molar-refractivity contribution in [3.63, 3.8) is 0 Å². The average molecular weight is 146 g/mol. The van der Waals surface area contributed by atoms with Gasteiger partial charge >= 0.3 is 0 Å². The Morgan fingerprint density at radius 2 is 0.750 bits per heavy atom. The van der Waals surface area contributed by atoms with Crippen LogP contribution < -0.4 is 0 Å². The first-order valence-corrected chi connectivity index (χ1v) is 0. The Kier molecular flexibility index (Phi) is 195. The Labute approximate surface area is 65.6 Å². The zero-order valence-corrected chi connectivity index (χ0v) is 5.06. The molecule has 0 nitrogen and oxygen atoms in total. The summed E-state index contributed by atoms with van der Waals surface area (Å²) in [5.74, 6) is 0. The van der Waals surface area contributed by atoms with Gasteiger partial charge in [0.15, 0.2) is 17.4 Å². The first kappa shape index (κ1) is 38.4. The Morgan fingerprint density at radius 3 is 0.750 bits per heavy atom. The van der Waals surface area contributed by atoms with E-state index in [1.807, 2.05) is 0 Å². The molecule has 4 heavy (non-hydrogen) atoms. The molecule has 0 N–H and O–H groups in total. The van der Waals surface area contributed by atoms with Crippen molar-refractivity contribution in [1.82, 2.24) is 0 Å². The van der Waals surface area contributed by atoms with Crippen LogP contribution in [0, 0.1) is 0 Å². The maximum Gasteiger partial charge on any atom is 0.187 e. The normalized spacial score (nSPS) is 0. The fourth-order valence-electron chi connectivity index (χ4n) is 0. The minimum Gasteiger partial charge on any atom is -0.197 e. The van der Waals surface area contributed by atoms with E-state index in [1.165, 1.54) is 0 Å². The molecule has 0 aliphatic carbocycles. The topological polar surface area (TPSA) is 0 Å².